The largest absolute Gasteiger partial charge is 0.147 e. The first kappa shape index (κ1) is 26.0. The van der Waals surface area contributed by atoms with E-state index >= 15 is 0 Å². The number of rotatable bonds is 3. The molecular formula is C30H28Cl2Zr. The standard InChI is InChI=1S/C30H26.2ClH.Zr/c1-20-13-14-21(27-18-22-8-4-6-11-25(22)29(20)27)15-17-30(2)16-7-12-26-24-10-5-3-9-23(24)19-28(26)30;;;/h3-14,16,19H,15,17-18H2,1-2H3;2*1H;. The van der Waals surface area contributed by atoms with E-state index in [9.17, 15) is 0 Å². The molecule has 3 heteroatoms. The number of aryl methyl sites for hydroxylation is 2. The molecule has 0 amide bonds. The zero-order valence-electron chi connectivity index (χ0n) is 19.0. The predicted molar refractivity (Wildman–Crippen MR) is 142 cm³/mol. The molecule has 0 nitrogen and oxygen atoms in total. The van der Waals surface area contributed by atoms with Gasteiger partial charge < -0.3 is 0 Å². The molecule has 0 aliphatic heterocycles. The van der Waals surface area contributed by atoms with Gasteiger partial charge in [0.25, 0.3) is 0 Å². The van der Waals surface area contributed by atoms with Crippen molar-refractivity contribution >= 4 is 36.5 Å². The molecule has 0 spiro atoms. The van der Waals surface area contributed by atoms with Crippen LogP contribution in [0, 0.1) is 12.3 Å². The van der Waals surface area contributed by atoms with Crippen LogP contribution in [-0.2, 0) is 39.0 Å². The van der Waals surface area contributed by atoms with Crippen molar-refractivity contribution in [3.8, 4) is 11.1 Å². The van der Waals surface area contributed by atoms with Gasteiger partial charge in [0.05, 0.1) is 0 Å². The summed E-state index contributed by atoms with van der Waals surface area (Å²) in [6.45, 7) is 4.67. The summed E-state index contributed by atoms with van der Waals surface area (Å²) in [5.74, 6) is 0. The smallest absolute Gasteiger partial charge is 0.0116 e. The first-order valence-corrected chi connectivity index (χ1v) is 11.1. The van der Waals surface area contributed by atoms with Gasteiger partial charge in [-0.3, -0.25) is 0 Å². The van der Waals surface area contributed by atoms with Crippen molar-refractivity contribution in [3.05, 3.63) is 118 Å². The molecule has 0 heterocycles. The van der Waals surface area contributed by atoms with Crippen LogP contribution in [0.15, 0.2) is 84.5 Å². The first-order valence-electron chi connectivity index (χ1n) is 11.1. The molecule has 0 bridgehead atoms. The van der Waals surface area contributed by atoms with Gasteiger partial charge in [0.1, 0.15) is 0 Å². The van der Waals surface area contributed by atoms with E-state index in [4.69, 9.17) is 0 Å². The second kappa shape index (κ2) is 9.91. The van der Waals surface area contributed by atoms with Gasteiger partial charge >= 0.3 is 0 Å². The van der Waals surface area contributed by atoms with E-state index in [1.165, 1.54) is 50.1 Å². The van der Waals surface area contributed by atoms with Crippen molar-refractivity contribution in [1.29, 1.82) is 0 Å². The fourth-order valence-corrected chi connectivity index (χ4v) is 5.69. The second-order valence-electron chi connectivity index (χ2n) is 9.23. The van der Waals surface area contributed by atoms with Crippen LogP contribution < -0.4 is 0 Å². The predicted octanol–water partition coefficient (Wildman–Crippen LogP) is 8.40. The van der Waals surface area contributed by atoms with Crippen LogP contribution in [0.1, 0.15) is 46.7 Å². The SMILES string of the molecule is Cc1ccc(CCC2(C)C=CC=C3C2=Cc2ccccc23)c2c1-c1ccccc1C2.Cl.Cl.[Zr]. The molecular weight excluding hydrogens is 522 g/mol. The minimum Gasteiger partial charge on any atom is -0.147 e. The van der Waals surface area contributed by atoms with E-state index in [0.717, 1.165) is 19.3 Å². The van der Waals surface area contributed by atoms with Gasteiger partial charge in [-0.15, -0.1) is 24.8 Å². The summed E-state index contributed by atoms with van der Waals surface area (Å²) >= 11 is 0. The number of benzene rings is 3. The molecule has 166 valence electrons. The van der Waals surface area contributed by atoms with E-state index in [2.05, 4.69) is 98.8 Å². The van der Waals surface area contributed by atoms with Gasteiger partial charge in [-0.2, -0.15) is 0 Å². The maximum atomic E-state index is 2.42. The summed E-state index contributed by atoms with van der Waals surface area (Å²) in [4.78, 5) is 0. The van der Waals surface area contributed by atoms with Crippen molar-refractivity contribution in [2.24, 2.45) is 5.41 Å². The molecule has 0 aromatic heterocycles. The molecule has 1 unspecified atom stereocenters. The van der Waals surface area contributed by atoms with Crippen LogP contribution >= 0.6 is 24.8 Å². The maximum Gasteiger partial charge on any atom is 0.0116 e. The summed E-state index contributed by atoms with van der Waals surface area (Å²) in [6, 6.07) is 22.4. The Balaban J connectivity index is 0.00000102. The summed E-state index contributed by atoms with van der Waals surface area (Å²) in [5, 5.41) is 0. The molecule has 0 N–H and O–H groups in total. The molecule has 3 aliphatic carbocycles. The average Bonchev–Trinajstić information content (AvgIpc) is 3.34. The Morgan fingerprint density at radius 3 is 2.42 bits per heavy atom. The molecule has 0 saturated heterocycles. The van der Waals surface area contributed by atoms with Gasteiger partial charge in [-0.1, -0.05) is 85.8 Å². The van der Waals surface area contributed by atoms with E-state index in [1.54, 1.807) is 5.56 Å². The van der Waals surface area contributed by atoms with Gasteiger partial charge in [-0.25, -0.2) is 0 Å². The fraction of sp³-hybridized carbons (Fsp3) is 0.200. The monoisotopic (exact) mass is 548 g/mol. The van der Waals surface area contributed by atoms with E-state index < -0.39 is 0 Å². The topological polar surface area (TPSA) is 0 Å². The molecule has 3 aromatic carbocycles. The zero-order valence-corrected chi connectivity index (χ0v) is 23.1. The number of fused-ring (bicyclic) bond motifs is 6. The van der Waals surface area contributed by atoms with Crippen LogP contribution in [0.4, 0.5) is 0 Å². The third kappa shape index (κ3) is 4.18. The molecule has 0 fully saturated rings. The van der Waals surface area contributed by atoms with Gasteiger partial charge in [0, 0.05) is 31.6 Å². The molecule has 33 heavy (non-hydrogen) atoms. The summed E-state index contributed by atoms with van der Waals surface area (Å²) in [5.41, 5.74) is 14.6. The fourth-order valence-electron chi connectivity index (χ4n) is 5.69. The normalized spacial score (nSPS) is 18.4. The van der Waals surface area contributed by atoms with Crippen LogP contribution in [0.5, 0.6) is 0 Å². The number of allylic oxidation sites excluding steroid dienone is 5. The summed E-state index contributed by atoms with van der Waals surface area (Å²) in [7, 11) is 0. The van der Waals surface area contributed by atoms with Crippen LogP contribution in [0.25, 0.3) is 22.8 Å². The molecule has 6 rings (SSSR count). The van der Waals surface area contributed by atoms with Gasteiger partial charge in [0.15, 0.2) is 0 Å². The Morgan fingerprint density at radius 2 is 1.61 bits per heavy atom. The van der Waals surface area contributed by atoms with Crippen molar-refractivity contribution in [1.82, 2.24) is 0 Å². The molecule has 1 atom stereocenters. The second-order valence-corrected chi connectivity index (χ2v) is 9.23. The van der Waals surface area contributed by atoms with Gasteiger partial charge in [-0.05, 0) is 87.9 Å². The molecule has 3 aliphatic rings. The zero-order chi connectivity index (χ0) is 20.3. The number of hydrogen-bond donors (Lipinski definition) is 0. The van der Waals surface area contributed by atoms with E-state index in [0.29, 0.717) is 0 Å². The molecule has 0 saturated carbocycles. The summed E-state index contributed by atoms with van der Waals surface area (Å²) in [6.07, 6.45) is 12.7. The Hall–Kier alpha value is -1.66. The van der Waals surface area contributed by atoms with Crippen molar-refractivity contribution < 1.29 is 26.2 Å². The van der Waals surface area contributed by atoms with Crippen LogP contribution in [0.3, 0.4) is 0 Å². The van der Waals surface area contributed by atoms with Crippen molar-refractivity contribution in [3.63, 3.8) is 0 Å². The maximum absolute atomic E-state index is 2.42. The van der Waals surface area contributed by atoms with Gasteiger partial charge in [0.2, 0.25) is 0 Å². The Morgan fingerprint density at radius 1 is 0.879 bits per heavy atom. The van der Waals surface area contributed by atoms with Crippen molar-refractivity contribution in [2.75, 3.05) is 0 Å². The Kier molecular flexibility index (Phi) is 7.80. The molecule has 3 aromatic rings. The first-order chi connectivity index (χ1) is 14.6. The summed E-state index contributed by atoms with van der Waals surface area (Å²) < 4.78 is 0. The van der Waals surface area contributed by atoms with Crippen LogP contribution in [0.2, 0.25) is 0 Å². The van der Waals surface area contributed by atoms with Crippen LogP contribution in [-0.4, -0.2) is 0 Å². The Bertz CT molecular complexity index is 1300. The third-order valence-electron chi connectivity index (χ3n) is 7.37. The third-order valence-corrected chi connectivity index (χ3v) is 7.37. The Labute approximate surface area is 228 Å². The minimum atomic E-state index is 0. The molecule has 0 radical (unpaired) electrons. The average molecular weight is 551 g/mol. The quantitative estimate of drug-likeness (QED) is 0.240. The van der Waals surface area contributed by atoms with Crippen molar-refractivity contribution in [2.45, 2.75) is 33.1 Å². The number of hydrogen-bond acceptors (Lipinski definition) is 0. The minimum absolute atomic E-state index is 0. The van der Waals surface area contributed by atoms with E-state index in [1.807, 2.05) is 0 Å². The van der Waals surface area contributed by atoms with E-state index in [-0.39, 0.29) is 56.4 Å². The number of halogens is 2.